The predicted molar refractivity (Wildman–Crippen MR) is 108 cm³/mol. The third kappa shape index (κ3) is 2.47. The van der Waals surface area contributed by atoms with E-state index in [9.17, 15) is 0 Å². The summed E-state index contributed by atoms with van der Waals surface area (Å²) in [5.41, 5.74) is 4.29. The second kappa shape index (κ2) is 6.20. The lowest BCUT2D eigenvalue weighted by molar-refractivity contribution is -0.175. The average Bonchev–Trinajstić information content (AvgIpc) is 3.25. The SMILES string of the molecule is C1=C2C[C@H](NCCc3cc4ccccc4[nH]3)[C@@H]3C[C@H]2C2(CCCCN32)OC1. The number of H-pyrrole nitrogens is 1. The van der Waals surface area contributed by atoms with Crippen LogP contribution in [0.4, 0.5) is 0 Å². The lowest BCUT2D eigenvalue weighted by Crippen LogP contribution is -2.57. The number of hydrogen-bond acceptors (Lipinski definition) is 3. The fourth-order valence-electron chi connectivity index (χ4n) is 6.36. The maximum Gasteiger partial charge on any atom is 0.129 e. The Balaban J connectivity index is 1.18. The van der Waals surface area contributed by atoms with E-state index in [4.69, 9.17) is 4.74 Å². The van der Waals surface area contributed by atoms with Gasteiger partial charge in [-0.15, -0.1) is 0 Å². The molecule has 3 fully saturated rings. The van der Waals surface area contributed by atoms with E-state index in [1.165, 1.54) is 55.2 Å². The molecule has 1 spiro atoms. The molecule has 4 nitrogen and oxygen atoms in total. The summed E-state index contributed by atoms with van der Waals surface area (Å²) >= 11 is 0. The first-order valence-corrected chi connectivity index (χ1v) is 10.7. The molecule has 4 heteroatoms. The molecule has 2 bridgehead atoms. The molecule has 6 rings (SSSR count). The van der Waals surface area contributed by atoms with Crippen LogP contribution in [0.2, 0.25) is 0 Å². The molecule has 27 heavy (non-hydrogen) atoms. The van der Waals surface area contributed by atoms with E-state index in [-0.39, 0.29) is 5.72 Å². The van der Waals surface area contributed by atoms with Crippen molar-refractivity contribution in [2.24, 2.45) is 5.92 Å². The number of aromatic amines is 1. The van der Waals surface area contributed by atoms with E-state index in [0.717, 1.165) is 19.6 Å². The van der Waals surface area contributed by atoms with Gasteiger partial charge in [0.25, 0.3) is 0 Å². The molecule has 2 saturated heterocycles. The molecule has 2 aromatic rings. The lowest BCUT2D eigenvalue weighted by Gasteiger charge is -2.47. The van der Waals surface area contributed by atoms with Gasteiger partial charge in [0.2, 0.25) is 0 Å². The van der Waals surface area contributed by atoms with Gasteiger partial charge in [0.15, 0.2) is 0 Å². The lowest BCUT2D eigenvalue weighted by atomic mass is 9.76. The summed E-state index contributed by atoms with van der Waals surface area (Å²) in [6.45, 7) is 3.07. The second-order valence-corrected chi connectivity index (χ2v) is 8.84. The van der Waals surface area contributed by atoms with E-state index in [1.54, 1.807) is 5.57 Å². The zero-order valence-corrected chi connectivity index (χ0v) is 15.9. The third-order valence-corrected chi connectivity index (χ3v) is 7.53. The zero-order chi connectivity index (χ0) is 17.8. The number of para-hydroxylation sites is 1. The number of rotatable bonds is 4. The molecule has 1 aliphatic carbocycles. The molecule has 0 amide bonds. The highest BCUT2D eigenvalue weighted by atomic mass is 16.5. The molecular weight excluding hydrogens is 334 g/mol. The highest BCUT2D eigenvalue weighted by Gasteiger charge is 2.61. The number of piperidine rings is 1. The van der Waals surface area contributed by atoms with Gasteiger partial charge in [-0.25, -0.2) is 0 Å². The fourth-order valence-corrected chi connectivity index (χ4v) is 6.36. The Morgan fingerprint density at radius 1 is 1.26 bits per heavy atom. The minimum absolute atomic E-state index is 0.0423. The third-order valence-electron chi connectivity index (χ3n) is 7.53. The summed E-state index contributed by atoms with van der Waals surface area (Å²) in [5, 5.41) is 5.24. The van der Waals surface area contributed by atoms with Crippen LogP contribution in [0, 0.1) is 5.92 Å². The molecule has 1 aromatic carbocycles. The Morgan fingerprint density at radius 3 is 3.19 bits per heavy atom. The van der Waals surface area contributed by atoms with Gasteiger partial charge in [-0.1, -0.05) is 29.8 Å². The van der Waals surface area contributed by atoms with Crippen LogP contribution >= 0.6 is 0 Å². The Kier molecular flexibility index (Phi) is 3.75. The number of nitrogens with zero attached hydrogens (tertiary/aromatic N) is 1. The van der Waals surface area contributed by atoms with Crippen molar-refractivity contribution in [3.8, 4) is 0 Å². The van der Waals surface area contributed by atoms with Gasteiger partial charge < -0.3 is 15.0 Å². The summed E-state index contributed by atoms with van der Waals surface area (Å²) in [4.78, 5) is 6.32. The maximum atomic E-state index is 6.45. The van der Waals surface area contributed by atoms with Crippen LogP contribution in [-0.4, -0.2) is 47.4 Å². The summed E-state index contributed by atoms with van der Waals surface area (Å²) in [5.74, 6) is 0.656. The van der Waals surface area contributed by atoms with Crippen LogP contribution in [0.5, 0.6) is 0 Å². The first-order valence-electron chi connectivity index (χ1n) is 10.7. The Morgan fingerprint density at radius 2 is 2.22 bits per heavy atom. The van der Waals surface area contributed by atoms with Crippen LogP contribution < -0.4 is 5.32 Å². The molecular formula is C23H29N3O. The molecule has 0 radical (unpaired) electrons. The highest BCUT2D eigenvalue weighted by molar-refractivity contribution is 5.80. The van der Waals surface area contributed by atoms with Crippen molar-refractivity contribution in [2.45, 2.75) is 56.3 Å². The summed E-state index contributed by atoms with van der Waals surface area (Å²) in [7, 11) is 0. The van der Waals surface area contributed by atoms with Crippen molar-refractivity contribution in [3.05, 3.63) is 47.7 Å². The Labute approximate surface area is 161 Å². The van der Waals surface area contributed by atoms with Crippen molar-refractivity contribution in [3.63, 3.8) is 0 Å². The number of fused-ring (bicyclic) bond motifs is 3. The monoisotopic (exact) mass is 363 g/mol. The number of nitrogens with one attached hydrogen (secondary N) is 2. The molecule has 3 aliphatic heterocycles. The van der Waals surface area contributed by atoms with Crippen molar-refractivity contribution in [1.29, 1.82) is 0 Å². The Hall–Kier alpha value is -1.62. The molecule has 4 heterocycles. The summed E-state index contributed by atoms with van der Waals surface area (Å²) in [6, 6.07) is 12.1. The minimum atomic E-state index is 0.0423. The topological polar surface area (TPSA) is 40.3 Å². The predicted octanol–water partition coefficient (Wildman–Crippen LogP) is 3.60. The van der Waals surface area contributed by atoms with E-state index >= 15 is 0 Å². The van der Waals surface area contributed by atoms with Crippen molar-refractivity contribution >= 4 is 10.9 Å². The second-order valence-electron chi connectivity index (χ2n) is 8.84. The van der Waals surface area contributed by atoms with Gasteiger partial charge >= 0.3 is 0 Å². The van der Waals surface area contributed by atoms with Crippen molar-refractivity contribution < 1.29 is 4.74 Å². The smallest absolute Gasteiger partial charge is 0.129 e. The largest absolute Gasteiger partial charge is 0.358 e. The van der Waals surface area contributed by atoms with Gasteiger partial charge in [-0.05, 0) is 56.0 Å². The minimum Gasteiger partial charge on any atom is -0.358 e. The van der Waals surface area contributed by atoms with Gasteiger partial charge in [0.1, 0.15) is 5.72 Å². The fraction of sp³-hybridized carbons (Fsp3) is 0.565. The van der Waals surface area contributed by atoms with Crippen LogP contribution in [0.1, 0.15) is 37.8 Å². The van der Waals surface area contributed by atoms with E-state index in [2.05, 4.69) is 51.6 Å². The summed E-state index contributed by atoms with van der Waals surface area (Å²) < 4.78 is 6.45. The van der Waals surface area contributed by atoms with Gasteiger partial charge in [0, 0.05) is 42.3 Å². The first-order chi connectivity index (χ1) is 13.3. The zero-order valence-electron chi connectivity index (χ0n) is 15.9. The van der Waals surface area contributed by atoms with E-state index in [0.29, 0.717) is 18.0 Å². The van der Waals surface area contributed by atoms with Crippen molar-refractivity contribution in [1.82, 2.24) is 15.2 Å². The summed E-state index contributed by atoms with van der Waals surface area (Å²) in [6.07, 6.45) is 9.83. The molecule has 1 aromatic heterocycles. The van der Waals surface area contributed by atoms with Gasteiger partial charge in [-0.2, -0.15) is 0 Å². The van der Waals surface area contributed by atoms with E-state index in [1.807, 2.05) is 0 Å². The van der Waals surface area contributed by atoms with Gasteiger partial charge in [-0.3, -0.25) is 4.90 Å². The normalized spacial score (nSPS) is 35.3. The van der Waals surface area contributed by atoms with Crippen LogP contribution in [-0.2, 0) is 11.2 Å². The van der Waals surface area contributed by atoms with Crippen LogP contribution in [0.3, 0.4) is 0 Å². The molecule has 1 unspecified atom stereocenters. The molecule has 2 N–H and O–H groups in total. The first kappa shape index (κ1) is 16.3. The average molecular weight is 364 g/mol. The van der Waals surface area contributed by atoms with Crippen molar-refractivity contribution in [2.75, 3.05) is 19.7 Å². The van der Waals surface area contributed by atoms with Crippen LogP contribution in [0.15, 0.2) is 42.0 Å². The van der Waals surface area contributed by atoms with E-state index < -0.39 is 0 Å². The molecule has 142 valence electrons. The van der Waals surface area contributed by atoms with Crippen LogP contribution in [0.25, 0.3) is 10.9 Å². The highest BCUT2D eigenvalue weighted by Crippen LogP contribution is 2.55. The number of benzene rings is 1. The number of ether oxygens (including phenoxy) is 1. The molecule has 1 saturated carbocycles. The number of hydrogen-bond donors (Lipinski definition) is 2. The quantitative estimate of drug-likeness (QED) is 0.816. The molecule has 4 atom stereocenters. The molecule has 4 aliphatic rings. The Bertz CT molecular complexity index is 854. The maximum absolute atomic E-state index is 6.45. The van der Waals surface area contributed by atoms with Gasteiger partial charge in [0.05, 0.1) is 6.61 Å². The standard InChI is InChI=1S/C23H29N3O/c1-2-6-20-17(5-1)13-18(25-20)7-10-24-21-14-16-8-12-27-23-9-3-4-11-26(23)22(21)15-19(16)23/h1-2,5-6,8,13,19,21-22,24-25H,3-4,7,9-12,14-15H2/t19-,21+,22+,23?/m1/s1. The number of aromatic nitrogens is 1.